The second kappa shape index (κ2) is 5.24. The van der Waals surface area contributed by atoms with Gasteiger partial charge in [0.1, 0.15) is 11.5 Å². The van der Waals surface area contributed by atoms with E-state index in [0.29, 0.717) is 17.9 Å². The van der Waals surface area contributed by atoms with Crippen LogP contribution in [0, 0.1) is 24.4 Å². The van der Waals surface area contributed by atoms with Crippen molar-refractivity contribution in [2.75, 3.05) is 11.1 Å². The van der Waals surface area contributed by atoms with Gasteiger partial charge in [0.25, 0.3) is 0 Å². The minimum absolute atomic E-state index is 0.0661. The van der Waals surface area contributed by atoms with Crippen molar-refractivity contribution in [1.29, 1.82) is 0 Å². The lowest BCUT2D eigenvalue weighted by atomic mass is 10.1. The van der Waals surface area contributed by atoms with Gasteiger partial charge in [0.2, 0.25) is 0 Å². The third-order valence-electron chi connectivity index (χ3n) is 2.80. The molecule has 104 valence electrons. The molecule has 2 rings (SSSR count). The first-order chi connectivity index (χ1) is 9.43. The number of carbonyl (C=O) groups excluding carboxylic acids is 1. The minimum atomic E-state index is -1.27. The molecule has 0 saturated heterocycles. The Morgan fingerprint density at radius 2 is 1.85 bits per heavy atom. The number of hydrogen-bond acceptors (Lipinski definition) is 3. The van der Waals surface area contributed by atoms with Gasteiger partial charge in [-0.3, -0.25) is 4.79 Å². The molecule has 6 heteroatoms. The van der Waals surface area contributed by atoms with Crippen LogP contribution < -0.4 is 11.1 Å². The molecule has 0 aliphatic carbocycles. The van der Waals surface area contributed by atoms with Crippen molar-refractivity contribution in [2.24, 2.45) is 0 Å². The fourth-order valence-electron chi connectivity index (χ4n) is 1.74. The Hall–Kier alpha value is -2.50. The fraction of sp³-hybridized carbons (Fsp3) is 0.0714. The Kier molecular flexibility index (Phi) is 3.65. The molecule has 0 aromatic heterocycles. The first-order valence-electron chi connectivity index (χ1n) is 5.70. The number of aryl methyl sites for hydroxylation is 1. The van der Waals surface area contributed by atoms with Crippen LogP contribution in [0.3, 0.4) is 0 Å². The van der Waals surface area contributed by atoms with Crippen LogP contribution in [0.25, 0.3) is 0 Å². The van der Waals surface area contributed by atoms with Gasteiger partial charge in [-0.2, -0.15) is 0 Å². The number of halogens is 3. The zero-order valence-corrected chi connectivity index (χ0v) is 10.5. The summed E-state index contributed by atoms with van der Waals surface area (Å²) in [6.45, 7) is 1.69. The molecule has 2 aromatic carbocycles. The molecule has 0 spiro atoms. The van der Waals surface area contributed by atoms with E-state index in [1.54, 1.807) is 13.0 Å². The number of nitrogens with one attached hydrogen (secondary N) is 1. The van der Waals surface area contributed by atoms with Crippen LogP contribution in [-0.4, -0.2) is 6.29 Å². The van der Waals surface area contributed by atoms with Gasteiger partial charge in [-0.05, 0) is 30.7 Å². The molecule has 20 heavy (non-hydrogen) atoms. The van der Waals surface area contributed by atoms with E-state index in [1.165, 1.54) is 12.1 Å². The Balaban J connectivity index is 2.53. The number of hydrogen-bond donors (Lipinski definition) is 2. The van der Waals surface area contributed by atoms with E-state index in [1.807, 2.05) is 0 Å². The maximum absolute atomic E-state index is 13.7. The topological polar surface area (TPSA) is 55.1 Å². The molecule has 2 aromatic rings. The van der Waals surface area contributed by atoms with Gasteiger partial charge in [-0.15, -0.1) is 0 Å². The smallest absolute Gasteiger partial charge is 0.184 e. The average molecular weight is 280 g/mol. The predicted molar refractivity (Wildman–Crippen MR) is 70.6 cm³/mol. The van der Waals surface area contributed by atoms with Crippen molar-refractivity contribution < 1.29 is 18.0 Å². The summed E-state index contributed by atoms with van der Waals surface area (Å²) in [6.07, 6.45) is 0.300. The van der Waals surface area contributed by atoms with Gasteiger partial charge >= 0.3 is 0 Å². The zero-order valence-electron chi connectivity index (χ0n) is 10.5. The molecular formula is C14H11F3N2O. The van der Waals surface area contributed by atoms with Crippen molar-refractivity contribution in [2.45, 2.75) is 6.92 Å². The van der Waals surface area contributed by atoms with Crippen LogP contribution in [-0.2, 0) is 0 Å². The largest absolute Gasteiger partial charge is 0.396 e. The van der Waals surface area contributed by atoms with Crippen molar-refractivity contribution in [3.8, 4) is 0 Å². The maximum Gasteiger partial charge on any atom is 0.184 e. The van der Waals surface area contributed by atoms with Gasteiger partial charge in [-0.1, -0.05) is 6.07 Å². The number of benzene rings is 2. The molecule has 0 bridgehead atoms. The highest BCUT2D eigenvalue weighted by Crippen LogP contribution is 2.31. The number of nitrogen functional groups attached to an aromatic ring is 1. The van der Waals surface area contributed by atoms with E-state index in [2.05, 4.69) is 5.32 Å². The maximum atomic E-state index is 13.7. The molecule has 0 aliphatic rings. The number of aldehydes is 1. The van der Waals surface area contributed by atoms with E-state index in [9.17, 15) is 18.0 Å². The Morgan fingerprint density at radius 1 is 1.15 bits per heavy atom. The first-order valence-corrected chi connectivity index (χ1v) is 5.70. The Morgan fingerprint density at radius 3 is 2.45 bits per heavy atom. The van der Waals surface area contributed by atoms with Crippen molar-refractivity contribution in [1.82, 2.24) is 0 Å². The third kappa shape index (κ3) is 2.45. The van der Waals surface area contributed by atoms with E-state index in [0.717, 1.165) is 0 Å². The molecule has 0 fully saturated rings. The highest BCUT2D eigenvalue weighted by atomic mass is 19.2. The summed E-state index contributed by atoms with van der Waals surface area (Å²) >= 11 is 0. The Labute approximate surface area is 113 Å². The lowest BCUT2D eigenvalue weighted by molar-refractivity contribution is 0.112. The number of carbonyl (C=O) groups is 1. The summed E-state index contributed by atoms with van der Waals surface area (Å²) in [4.78, 5) is 10.7. The molecule has 0 amide bonds. The van der Waals surface area contributed by atoms with Gasteiger partial charge < -0.3 is 11.1 Å². The monoisotopic (exact) mass is 280 g/mol. The normalized spacial score (nSPS) is 10.4. The van der Waals surface area contributed by atoms with E-state index in [4.69, 9.17) is 5.73 Å². The highest BCUT2D eigenvalue weighted by molar-refractivity contribution is 5.90. The Bertz CT molecular complexity index is 687. The van der Waals surface area contributed by atoms with Crippen LogP contribution >= 0.6 is 0 Å². The molecule has 0 heterocycles. The first kappa shape index (κ1) is 13.9. The van der Waals surface area contributed by atoms with Crippen LogP contribution in [0.15, 0.2) is 24.3 Å². The van der Waals surface area contributed by atoms with Crippen LogP contribution in [0.5, 0.6) is 0 Å². The molecule has 3 N–H and O–H groups in total. The summed E-state index contributed by atoms with van der Waals surface area (Å²) in [5, 5.41) is 2.38. The van der Waals surface area contributed by atoms with Gasteiger partial charge in [0.05, 0.1) is 11.4 Å². The summed E-state index contributed by atoms with van der Waals surface area (Å²) < 4.78 is 40.8. The van der Waals surface area contributed by atoms with Gasteiger partial charge in [0.15, 0.2) is 17.9 Å². The zero-order chi connectivity index (χ0) is 14.9. The predicted octanol–water partition coefficient (Wildman–Crippen LogP) is 3.55. The number of anilines is 3. The molecule has 3 nitrogen and oxygen atoms in total. The van der Waals surface area contributed by atoms with Crippen LogP contribution in [0.2, 0.25) is 0 Å². The highest BCUT2D eigenvalue weighted by Gasteiger charge is 2.17. The third-order valence-corrected chi connectivity index (χ3v) is 2.80. The van der Waals surface area contributed by atoms with Crippen molar-refractivity contribution >= 4 is 23.3 Å². The molecule has 0 atom stereocenters. The molecular weight excluding hydrogens is 269 g/mol. The summed E-state index contributed by atoms with van der Waals surface area (Å²) in [6, 6.07) is 4.89. The summed E-state index contributed by atoms with van der Waals surface area (Å²) in [5.41, 5.74) is 5.23. The summed E-state index contributed by atoms with van der Waals surface area (Å²) in [5.74, 6) is -3.15. The second-order valence-electron chi connectivity index (χ2n) is 4.28. The number of nitrogens with two attached hydrogens (primary N) is 1. The van der Waals surface area contributed by atoms with Crippen LogP contribution in [0.1, 0.15) is 15.9 Å². The lowest BCUT2D eigenvalue weighted by Crippen LogP contribution is -2.06. The quantitative estimate of drug-likeness (QED) is 0.667. The standard InChI is InChI=1S/C14H11F3N2O/c1-7-2-3-11(9(15)4-7)19-14-12(17)10(16)5-8(6-20)13(14)18/h2-6,19H,18H2,1H3. The SMILES string of the molecule is Cc1ccc(Nc2c(N)c(C=O)cc(F)c2F)c(F)c1. The van der Waals surface area contributed by atoms with E-state index >= 15 is 0 Å². The van der Waals surface area contributed by atoms with Crippen molar-refractivity contribution in [3.63, 3.8) is 0 Å². The molecule has 0 radical (unpaired) electrons. The molecule has 0 unspecified atom stereocenters. The fourth-order valence-corrected chi connectivity index (χ4v) is 1.74. The van der Waals surface area contributed by atoms with Gasteiger partial charge in [0, 0.05) is 5.56 Å². The van der Waals surface area contributed by atoms with Crippen molar-refractivity contribution in [3.05, 3.63) is 52.8 Å². The molecule has 0 saturated carbocycles. The lowest BCUT2D eigenvalue weighted by Gasteiger charge is -2.13. The van der Waals surface area contributed by atoms with E-state index in [-0.39, 0.29) is 16.9 Å². The average Bonchev–Trinajstić information content (AvgIpc) is 2.41. The van der Waals surface area contributed by atoms with Crippen LogP contribution in [0.4, 0.5) is 30.2 Å². The second-order valence-corrected chi connectivity index (χ2v) is 4.28. The summed E-state index contributed by atoms with van der Waals surface area (Å²) in [7, 11) is 0. The number of rotatable bonds is 3. The minimum Gasteiger partial charge on any atom is -0.396 e. The van der Waals surface area contributed by atoms with E-state index < -0.39 is 23.1 Å². The van der Waals surface area contributed by atoms with Gasteiger partial charge in [-0.25, -0.2) is 13.2 Å². The molecule has 0 aliphatic heterocycles.